The highest BCUT2D eigenvalue weighted by atomic mass is 35.5. The summed E-state index contributed by atoms with van der Waals surface area (Å²) in [4.78, 5) is 21.7. The van der Waals surface area contributed by atoms with Crippen molar-refractivity contribution in [1.82, 2.24) is 24.9 Å². The fraction of sp³-hybridized carbons (Fsp3) is 0.500. The average Bonchev–Trinajstić information content (AvgIpc) is 3.12. The third-order valence-corrected chi connectivity index (χ3v) is 3.85. The minimum Gasteiger partial charge on any atom is -0.358 e. The number of carbonyl (C=O) groups excluding carboxylic acids is 1. The van der Waals surface area contributed by atoms with Gasteiger partial charge in [-0.2, -0.15) is 23.0 Å². The molecule has 0 aromatic carbocycles. The van der Waals surface area contributed by atoms with Gasteiger partial charge < -0.3 is 15.4 Å². The first-order valence-corrected chi connectivity index (χ1v) is 8.21. The van der Waals surface area contributed by atoms with Crippen LogP contribution in [-0.2, 0) is 24.1 Å². The Kier molecular flexibility index (Phi) is 6.41. The zero-order valence-corrected chi connectivity index (χ0v) is 14.9. The molecule has 148 valence electrons. The number of hydrogen-bond acceptors (Lipinski definition) is 5. The molecule has 0 spiro atoms. The van der Waals surface area contributed by atoms with Gasteiger partial charge in [-0.3, -0.25) is 9.48 Å². The highest BCUT2D eigenvalue weighted by molar-refractivity contribution is 6.32. The number of carbonyl (C=O) groups is 1. The standard InChI is InChI=1S/C14H16ClF3N6O3/c1-9-7-11(14(16,17)18)20-23(9)5-2-4-19-12(25)3-6-22-8-10(15)13(21-22)24(26)27/h7-8H,2-6H2,1H3,(H,19,25). The minimum absolute atomic E-state index is 0.0220. The summed E-state index contributed by atoms with van der Waals surface area (Å²) in [6.45, 7) is 2.10. The second-order valence-corrected chi connectivity index (χ2v) is 6.07. The molecule has 9 nitrogen and oxygen atoms in total. The lowest BCUT2D eigenvalue weighted by atomic mass is 10.3. The first kappa shape index (κ1) is 20.7. The largest absolute Gasteiger partial charge is 0.435 e. The second kappa shape index (κ2) is 8.37. The number of nitrogens with zero attached hydrogens (tertiary/aromatic N) is 5. The fourth-order valence-corrected chi connectivity index (χ4v) is 2.48. The molecule has 0 saturated carbocycles. The molecule has 0 aliphatic rings. The number of nitrogens with one attached hydrogen (secondary N) is 1. The topological polar surface area (TPSA) is 108 Å². The van der Waals surface area contributed by atoms with Crippen molar-refractivity contribution in [2.45, 2.75) is 39.0 Å². The Morgan fingerprint density at radius 1 is 1.37 bits per heavy atom. The quantitative estimate of drug-likeness (QED) is 0.410. The molecule has 0 aliphatic carbocycles. The zero-order chi connectivity index (χ0) is 20.2. The van der Waals surface area contributed by atoms with Crippen LogP contribution < -0.4 is 5.32 Å². The Bertz CT molecular complexity index is 833. The van der Waals surface area contributed by atoms with Gasteiger partial charge in [-0.05, 0) is 24.3 Å². The van der Waals surface area contributed by atoms with Crippen LogP contribution in [0.15, 0.2) is 12.3 Å². The van der Waals surface area contributed by atoms with Crippen molar-refractivity contribution >= 4 is 23.3 Å². The SMILES string of the molecule is Cc1cc(C(F)(F)F)nn1CCCNC(=O)CCn1cc(Cl)c([N+](=O)[O-])n1. The van der Waals surface area contributed by atoms with E-state index in [1.54, 1.807) is 0 Å². The van der Waals surface area contributed by atoms with Crippen molar-refractivity contribution in [3.8, 4) is 0 Å². The highest BCUT2D eigenvalue weighted by Gasteiger charge is 2.34. The third-order valence-electron chi connectivity index (χ3n) is 3.58. The molecule has 2 heterocycles. The summed E-state index contributed by atoms with van der Waals surface area (Å²) >= 11 is 5.65. The van der Waals surface area contributed by atoms with Crippen LogP contribution >= 0.6 is 11.6 Å². The average molecular weight is 409 g/mol. The van der Waals surface area contributed by atoms with Crippen LogP contribution in [0.2, 0.25) is 5.02 Å². The lowest BCUT2D eigenvalue weighted by Gasteiger charge is -2.06. The molecule has 0 bridgehead atoms. The van der Waals surface area contributed by atoms with Gasteiger partial charge in [0.2, 0.25) is 5.91 Å². The summed E-state index contributed by atoms with van der Waals surface area (Å²) in [6.07, 6.45) is -2.82. The molecular formula is C14H16ClF3N6O3. The molecule has 2 aromatic rings. The Morgan fingerprint density at radius 3 is 2.63 bits per heavy atom. The molecule has 2 aromatic heterocycles. The second-order valence-electron chi connectivity index (χ2n) is 5.67. The van der Waals surface area contributed by atoms with Crippen LogP contribution in [0.4, 0.5) is 19.0 Å². The van der Waals surface area contributed by atoms with E-state index >= 15 is 0 Å². The molecular weight excluding hydrogens is 393 g/mol. The molecule has 0 fully saturated rings. The van der Waals surface area contributed by atoms with Gasteiger partial charge in [-0.1, -0.05) is 11.6 Å². The molecule has 0 atom stereocenters. The predicted molar refractivity (Wildman–Crippen MR) is 88.1 cm³/mol. The van der Waals surface area contributed by atoms with Gasteiger partial charge >= 0.3 is 12.0 Å². The van der Waals surface area contributed by atoms with Crippen LogP contribution in [0.3, 0.4) is 0 Å². The van der Waals surface area contributed by atoms with Crippen LogP contribution in [-0.4, -0.2) is 36.9 Å². The van der Waals surface area contributed by atoms with Crippen LogP contribution in [0.25, 0.3) is 0 Å². The number of halogens is 4. The first-order valence-electron chi connectivity index (χ1n) is 7.83. The molecule has 2 rings (SSSR count). The lowest BCUT2D eigenvalue weighted by molar-refractivity contribution is -0.389. The van der Waals surface area contributed by atoms with Gasteiger partial charge in [-0.25, -0.2) is 0 Å². The molecule has 0 unspecified atom stereocenters. The summed E-state index contributed by atoms with van der Waals surface area (Å²) in [6, 6.07) is 0.965. The Labute approximate surface area is 156 Å². The summed E-state index contributed by atoms with van der Waals surface area (Å²) in [5.74, 6) is -0.803. The summed E-state index contributed by atoms with van der Waals surface area (Å²) in [7, 11) is 0. The van der Waals surface area contributed by atoms with E-state index in [1.807, 2.05) is 0 Å². The molecule has 27 heavy (non-hydrogen) atoms. The molecule has 0 saturated heterocycles. The van der Waals surface area contributed by atoms with Crippen molar-refractivity contribution < 1.29 is 22.9 Å². The van der Waals surface area contributed by atoms with E-state index < -0.39 is 22.6 Å². The molecule has 13 heteroatoms. The van der Waals surface area contributed by atoms with E-state index in [-0.39, 0.29) is 37.0 Å². The molecule has 0 aliphatic heterocycles. The van der Waals surface area contributed by atoms with Crippen molar-refractivity contribution in [1.29, 1.82) is 0 Å². The zero-order valence-electron chi connectivity index (χ0n) is 14.2. The maximum absolute atomic E-state index is 12.6. The van der Waals surface area contributed by atoms with E-state index in [4.69, 9.17) is 11.6 Å². The smallest absolute Gasteiger partial charge is 0.358 e. The number of aromatic nitrogens is 4. The Hall–Kier alpha value is -2.63. The van der Waals surface area contributed by atoms with Gasteiger partial charge in [0.15, 0.2) is 10.7 Å². The van der Waals surface area contributed by atoms with Gasteiger partial charge in [0.25, 0.3) is 0 Å². The maximum Gasteiger partial charge on any atom is 0.435 e. The predicted octanol–water partition coefficient (Wildman–Crippen LogP) is 2.57. The van der Waals surface area contributed by atoms with E-state index in [1.165, 1.54) is 22.5 Å². The summed E-state index contributed by atoms with van der Waals surface area (Å²) in [5.41, 5.74) is -0.568. The number of amides is 1. The number of rotatable bonds is 8. The highest BCUT2D eigenvalue weighted by Crippen LogP contribution is 2.28. The number of alkyl halides is 3. The Morgan fingerprint density at radius 2 is 2.07 bits per heavy atom. The van der Waals surface area contributed by atoms with Crippen molar-refractivity contribution in [3.63, 3.8) is 0 Å². The molecule has 1 N–H and O–H groups in total. The number of nitro groups is 1. The van der Waals surface area contributed by atoms with Gasteiger partial charge in [0.1, 0.15) is 0 Å². The van der Waals surface area contributed by atoms with E-state index in [2.05, 4.69) is 15.5 Å². The van der Waals surface area contributed by atoms with Gasteiger partial charge in [0.05, 0.1) is 17.8 Å². The third kappa shape index (κ3) is 5.67. The number of hydrogen-bond donors (Lipinski definition) is 1. The monoisotopic (exact) mass is 408 g/mol. The van der Waals surface area contributed by atoms with E-state index in [0.29, 0.717) is 12.1 Å². The first-order chi connectivity index (χ1) is 12.6. The molecule has 1 amide bonds. The van der Waals surface area contributed by atoms with Crippen LogP contribution in [0.5, 0.6) is 0 Å². The van der Waals surface area contributed by atoms with Crippen LogP contribution in [0.1, 0.15) is 24.2 Å². The Balaban J connectivity index is 1.73. The fourth-order valence-electron chi connectivity index (χ4n) is 2.26. The van der Waals surface area contributed by atoms with E-state index in [9.17, 15) is 28.1 Å². The summed E-state index contributed by atoms with van der Waals surface area (Å²) < 4.78 is 40.2. The van der Waals surface area contributed by atoms with Crippen molar-refractivity contribution in [2.24, 2.45) is 0 Å². The van der Waals surface area contributed by atoms with E-state index in [0.717, 1.165) is 6.07 Å². The lowest BCUT2D eigenvalue weighted by Crippen LogP contribution is -2.26. The van der Waals surface area contributed by atoms with Crippen molar-refractivity contribution in [3.05, 3.63) is 38.8 Å². The van der Waals surface area contributed by atoms with Crippen molar-refractivity contribution in [2.75, 3.05) is 6.54 Å². The molecule has 0 radical (unpaired) electrons. The van der Waals surface area contributed by atoms with Gasteiger partial charge in [-0.15, -0.1) is 0 Å². The van der Waals surface area contributed by atoms with Crippen LogP contribution in [0, 0.1) is 17.0 Å². The normalized spacial score (nSPS) is 11.6. The minimum atomic E-state index is -4.49. The summed E-state index contributed by atoms with van der Waals surface area (Å²) in [5, 5.41) is 20.3. The number of aryl methyl sites for hydroxylation is 3. The maximum atomic E-state index is 12.6. The van der Waals surface area contributed by atoms with Gasteiger partial charge in [0, 0.05) is 25.2 Å².